The Labute approximate surface area is 191 Å². The lowest BCUT2D eigenvalue weighted by molar-refractivity contribution is -0.138. The van der Waals surface area contributed by atoms with Crippen LogP contribution in [0.15, 0.2) is 52.9 Å². The van der Waals surface area contributed by atoms with E-state index >= 15 is 0 Å². The van der Waals surface area contributed by atoms with Crippen LogP contribution in [-0.2, 0) is 11.4 Å². The van der Waals surface area contributed by atoms with E-state index in [0.717, 1.165) is 16.2 Å². The Balaban J connectivity index is 1.70. The van der Waals surface area contributed by atoms with Gasteiger partial charge in [-0.2, -0.15) is 0 Å². The minimum absolute atomic E-state index is 0.254. The fraction of sp³-hybridized carbons (Fsp3) is 0.292. The number of oxazole rings is 1. The van der Waals surface area contributed by atoms with E-state index in [-0.39, 0.29) is 12.4 Å². The number of carbonyl (C=O) groups excluding carboxylic acids is 1. The highest BCUT2D eigenvalue weighted by molar-refractivity contribution is 5.78. The Morgan fingerprint density at radius 2 is 1.79 bits per heavy atom. The monoisotopic (exact) mass is 454 g/mol. The average molecular weight is 454 g/mol. The summed E-state index contributed by atoms with van der Waals surface area (Å²) >= 11 is 0. The second-order valence-corrected chi connectivity index (χ2v) is 7.34. The van der Waals surface area contributed by atoms with E-state index in [2.05, 4.69) is 4.98 Å². The van der Waals surface area contributed by atoms with Crippen LogP contribution in [0, 0.1) is 13.8 Å². The van der Waals surface area contributed by atoms with Crippen molar-refractivity contribution in [1.29, 1.82) is 0 Å². The molecular weight excluding hydrogens is 428 g/mol. The molecular formula is C24H26N2O7. The first-order chi connectivity index (χ1) is 15.8. The van der Waals surface area contributed by atoms with Crippen LogP contribution < -0.4 is 14.2 Å². The normalized spacial score (nSPS) is 11.5. The highest BCUT2D eigenvalue weighted by Gasteiger charge is 2.26. The molecule has 3 aromatic rings. The number of aryl methyl sites for hydroxylation is 2. The number of aliphatic carboxylic acids is 1. The van der Waals surface area contributed by atoms with Crippen molar-refractivity contribution in [2.24, 2.45) is 0 Å². The Hall–Kier alpha value is -4.01. The summed E-state index contributed by atoms with van der Waals surface area (Å²) in [5, 5.41) is 9.32. The lowest BCUT2D eigenvalue weighted by atomic mass is 10.1. The summed E-state index contributed by atoms with van der Waals surface area (Å²) in [5.74, 6) is 1.51. The number of amides is 1. The molecule has 0 aliphatic carbocycles. The zero-order valence-corrected chi connectivity index (χ0v) is 18.9. The number of nitrogens with zero attached hydrogens (tertiary/aromatic N) is 2. The lowest BCUT2D eigenvalue weighted by Crippen LogP contribution is -2.39. The van der Waals surface area contributed by atoms with Crippen molar-refractivity contribution in [3.63, 3.8) is 0 Å². The minimum atomic E-state index is -1.15. The number of benzene rings is 2. The number of rotatable bonds is 9. The first-order valence-electron chi connectivity index (χ1n) is 10.3. The van der Waals surface area contributed by atoms with Gasteiger partial charge in [-0.05, 0) is 43.7 Å². The molecule has 1 N–H and O–H groups in total. The molecule has 9 heteroatoms. The second-order valence-electron chi connectivity index (χ2n) is 7.34. The summed E-state index contributed by atoms with van der Waals surface area (Å²) in [6.07, 6.45) is -0.782. The van der Waals surface area contributed by atoms with Crippen LogP contribution in [0.1, 0.15) is 35.9 Å². The standard InChI is InChI=1S/C24H26N2O7/c1-15(18-8-10-19(11-9-18)31-14-22-16(2)32-17(3)25-22)26(13-23(27)28)24(29)33-21-7-5-6-20(12-21)30-4/h5-12,15H,13-14H2,1-4H3,(H,27,28)/t15-/m0/s1. The van der Waals surface area contributed by atoms with Gasteiger partial charge in [0.25, 0.3) is 0 Å². The van der Waals surface area contributed by atoms with Crippen LogP contribution in [0.3, 0.4) is 0 Å². The number of carboxylic acid groups (broad SMARTS) is 1. The molecule has 0 fully saturated rings. The Morgan fingerprint density at radius 3 is 2.39 bits per heavy atom. The van der Waals surface area contributed by atoms with Crippen LogP contribution in [0.5, 0.6) is 17.2 Å². The van der Waals surface area contributed by atoms with E-state index in [1.165, 1.54) is 7.11 Å². The summed E-state index contributed by atoms with van der Waals surface area (Å²) in [4.78, 5) is 29.6. The van der Waals surface area contributed by atoms with Crippen molar-refractivity contribution < 1.29 is 33.3 Å². The largest absolute Gasteiger partial charge is 0.497 e. The zero-order chi connectivity index (χ0) is 24.0. The number of carbonyl (C=O) groups is 2. The third kappa shape index (κ3) is 6.25. The molecule has 3 rings (SSSR count). The Morgan fingerprint density at radius 1 is 1.09 bits per heavy atom. The van der Waals surface area contributed by atoms with Crippen molar-refractivity contribution in [2.45, 2.75) is 33.4 Å². The minimum Gasteiger partial charge on any atom is -0.497 e. The number of carboxylic acids is 1. The third-order valence-corrected chi connectivity index (χ3v) is 4.99. The van der Waals surface area contributed by atoms with Gasteiger partial charge >= 0.3 is 12.1 Å². The van der Waals surface area contributed by atoms with E-state index in [1.807, 2.05) is 6.92 Å². The Kier molecular flexibility index (Phi) is 7.55. The topological polar surface area (TPSA) is 111 Å². The fourth-order valence-corrected chi connectivity index (χ4v) is 3.21. The van der Waals surface area contributed by atoms with Crippen molar-refractivity contribution in [1.82, 2.24) is 9.88 Å². The molecule has 0 aliphatic heterocycles. The molecule has 0 unspecified atom stereocenters. The number of aromatic nitrogens is 1. The fourth-order valence-electron chi connectivity index (χ4n) is 3.21. The quantitative estimate of drug-likeness (QED) is 0.502. The van der Waals surface area contributed by atoms with E-state index in [4.69, 9.17) is 18.6 Å². The average Bonchev–Trinajstić information content (AvgIpc) is 3.12. The summed E-state index contributed by atoms with van der Waals surface area (Å²) in [6.45, 7) is 5.07. The van der Waals surface area contributed by atoms with Gasteiger partial charge in [-0.3, -0.25) is 9.69 Å². The van der Waals surface area contributed by atoms with E-state index in [9.17, 15) is 14.7 Å². The Bertz CT molecular complexity index is 1110. The molecule has 1 aromatic heterocycles. The van der Waals surface area contributed by atoms with Gasteiger partial charge in [0.1, 0.15) is 41.9 Å². The van der Waals surface area contributed by atoms with Gasteiger partial charge in [-0.25, -0.2) is 9.78 Å². The molecule has 0 radical (unpaired) electrons. The number of methoxy groups -OCH3 is 1. The van der Waals surface area contributed by atoms with Crippen LogP contribution in [0.4, 0.5) is 4.79 Å². The van der Waals surface area contributed by atoms with Crippen LogP contribution in [-0.4, -0.2) is 40.7 Å². The van der Waals surface area contributed by atoms with Crippen molar-refractivity contribution in [3.05, 3.63) is 71.4 Å². The molecule has 174 valence electrons. The van der Waals surface area contributed by atoms with E-state index in [1.54, 1.807) is 62.4 Å². The molecule has 0 bridgehead atoms. The van der Waals surface area contributed by atoms with E-state index in [0.29, 0.717) is 23.1 Å². The van der Waals surface area contributed by atoms with Gasteiger partial charge in [0, 0.05) is 13.0 Å². The number of ether oxygens (including phenoxy) is 3. The molecule has 2 aromatic carbocycles. The molecule has 1 amide bonds. The zero-order valence-electron chi connectivity index (χ0n) is 18.9. The maximum absolute atomic E-state index is 12.8. The predicted octanol–water partition coefficient (Wildman–Crippen LogP) is 4.53. The lowest BCUT2D eigenvalue weighted by Gasteiger charge is -2.27. The highest BCUT2D eigenvalue weighted by Crippen LogP contribution is 2.26. The molecule has 1 heterocycles. The molecule has 0 spiro atoms. The number of hydrogen-bond donors (Lipinski definition) is 1. The van der Waals surface area contributed by atoms with Gasteiger partial charge in [0.05, 0.1) is 13.2 Å². The maximum atomic E-state index is 12.8. The summed E-state index contributed by atoms with van der Waals surface area (Å²) in [7, 11) is 1.50. The third-order valence-electron chi connectivity index (χ3n) is 4.99. The van der Waals surface area contributed by atoms with Crippen molar-refractivity contribution in [3.8, 4) is 17.2 Å². The van der Waals surface area contributed by atoms with Crippen LogP contribution in [0.25, 0.3) is 0 Å². The summed E-state index contributed by atoms with van der Waals surface area (Å²) in [5.41, 5.74) is 1.44. The number of hydrogen-bond acceptors (Lipinski definition) is 7. The second kappa shape index (κ2) is 10.5. The van der Waals surface area contributed by atoms with Crippen molar-refractivity contribution >= 4 is 12.1 Å². The van der Waals surface area contributed by atoms with Gasteiger partial charge in [-0.15, -0.1) is 0 Å². The van der Waals surface area contributed by atoms with Gasteiger partial charge in [-0.1, -0.05) is 18.2 Å². The van der Waals surface area contributed by atoms with E-state index < -0.39 is 24.6 Å². The molecule has 33 heavy (non-hydrogen) atoms. The highest BCUT2D eigenvalue weighted by atomic mass is 16.6. The predicted molar refractivity (Wildman–Crippen MR) is 119 cm³/mol. The van der Waals surface area contributed by atoms with Gasteiger partial charge in [0.2, 0.25) is 0 Å². The van der Waals surface area contributed by atoms with Crippen LogP contribution in [0.2, 0.25) is 0 Å². The smallest absolute Gasteiger partial charge is 0.416 e. The van der Waals surface area contributed by atoms with Crippen molar-refractivity contribution in [2.75, 3.05) is 13.7 Å². The molecule has 9 nitrogen and oxygen atoms in total. The molecule has 0 aliphatic rings. The first kappa shape index (κ1) is 23.6. The molecule has 1 atom stereocenters. The SMILES string of the molecule is COc1cccc(OC(=O)N(CC(=O)O)[C@@H](C)c2ccc(OCc3nc(C)oc3C)cc2)c1. The van der Waals surface area contributed by atoms with Crippen LogP contribution >= 0.6 is 0 Å². The molecule has 0 saturated carbocycles. The molecule has 0 saturated heterocycles. The summed E-state index contributed by atoms with van der Waals surface area (Å²) in [6, 6.07) is 13.0. The maximum Gasteiger partial charge on any atom is 0.416 e. The summed E-state index contributed by atoms with van der Waals surface area (Å²) < 4.78 is 21.7. The van der Waals surface area contributed by atoms with Gasteiger partial charge in [0.15, 0.2) is 5.89 Å². The van der Waals surface area contributed by atoms with Gasteiger partial charge < -0.3 is 23.7 Å². The first-order valence-corrected chi connectivity index (χ1v) is 10.3.